The van der Waals surface area contributed by atoms with Gasteiger partial charge in [-0.2, -0.15) is 13.2 Å². The van der Waals surface area contributed by atoms with Crippen LogP contribution in [-0.4, -0.2) is 63.7 Å². The number of aromatic nitrogens is 1. The molecule has 2 heterocycles. The number of alkyl halides is 3. The number of amides is 2. The molecule has 262 valence electrons. The fourth-order valence-corrected chi connectivity index (χ4v) is 6.20. The van der Waals surface area contributed by atoms with E-state index in [2.05, 4.69) is 41.1 Å². The average Bonchev–Trinajstić information content (AvgIpc) is 3.13. The molecule has 2 amide bonds. The van der Waals surface area contributed by atoms with E-state index in [4.69, 9.17) is 0 Å². The van der Waals surface area contributed by atoms with Gasteiger partial charge in [-0.1, -0.05) is 92.6 Å². The first-order valence-corrected chi connectivity index (χ1v) is 17.4. The number of pyridine rings is 1. The highest BCUT2D eigenvalue weighted by Crippen LogP contribution is 2.29. The van der Waals surface area contributed by atoms with Crippen molar-refractivity contribution in [2.75, 3.05) is 26.2 Å². The highest BCUT2D eigenvalue weighted by Gasteiger charge is 2.34. The van der Waals surface area contributed by atoms with Crippen molar-refractivity contribution in [3.63, 3.8) is 0 Å². The van der Waals surface area contributed by atoms with E-state index in [1.165, 1.54) is 35.4 Å². The van der Waals surface area contributed by atoms with Crippen LogP contribution < -0.4 is 0 Å². The monoisotopic (exact) mass is 682 g/mol. The van der Waals surface area contributed by atoms with Crippen LogP contribution in [0.2, 0.25) is 0 Å². The predicted octanol–water partition coefficient (Wildman–Crippen LogP) is 7.83. The van der Waals surface area contributed by atoms with E-state index < -0.39 is 23.7 Å². The zero-order valence-corrected chi connectivity index (χ0v) is 28.6. The zero-order chi connectivity index (χ0) is 35.3. The van der Waals surface area contributed by atoms with Crippen LogP contribution in [-0.2, 0) is 41.7 Å². The molecule has 0 spiro atoms. The van der Waals surface area contributed by atoms with Crippen molar-refractivity contribution < 1.29 is 22.8 Å². The summed E-state index contributed by atoms with van der Waals surface area (Å²) in [6.45, 7) is 5.63. The van der Waals surface area contributed by atoms with Gasteiger partial charge < -0.3 is 9.80 Å². The van der Waals surface area contributed by atoms with E-state index in [0.717, 1.165) is 49.9 Å². The molecule has 3 aromatic carbocycles. The van der Waals surface area contributed by atoms with Gasteiger partial charge in [0.25, 0.3) is 0 Å². The van der Waals surface area contributed by atoms with Crippen LogP contribution in [0.25, 0.3) is 6.08 Å². The summed E-state index contributed by atoms with van der Waals surface area (Å²) in [5.74, 6) is -0.559. The minimum atomic E-state index is -4.45. The normalized spacial score (nSPS) is 14.5. The molecule has 1 aliphatic heterocycles. The van der Waals surface area contributed by atoms with E-state index in [-0.39, 0.29) is 18.9 Å². The van der Waals surface area contributed by atoms with Crippen molar-refractivity contribution in [3.8, 4) is 0 Å². The Morgan fingerprint density at radius 3 is 2.14 bits per heavy atom. The second-order valence-corrected chi connectivity index (χ2v) is 12.8. The Kier molecular flexibility index (Phi) is 13.0. The standard InChI is InChI=1S/C41H45F3N4O2/c1-2-3-5-10-32-14-16-35(17-15-32)31-48(39(49)23-20-33-18-21-36(22-19-33)41(42,43)44)38(29-37-13-8-9-24-45-37)40(50)47-27-25-46(26-28-47)30-34-11-6-4-7-12-34/h4,6-9,11-24,38H,2-3,5,10,25-31H2,1H3/t38-/m0/s1. The second kappa shape index (κ2) is 17.8. The van der Waals surface area contributed by atoms with E-state index in [9.17, 15) is 22.8 Å². The number of carbonyl (C=O) groups excluding carboxylic acids is 2. The Hall–Kier alpha value is -4.76. The highest BCUT2D eigenvalue weighted by molar-refractivity contribution is 5.95. The average molecular weight is 683 g/mol. The molecule has 9 heteroatoms. The number of hydrogen-bond acceptors (Lipinski definition) is 4. The van der Waals surface area contributed by atoms with Gasteiger partial charge in [-0.3, -0.25) is 19.5 Å². The molecule has 1 saturated heterocycles. The molecule has 1 atom stereocenters. The number of rotatable bonds is 14. The molecular weight excluding hydrogens is 637 g/mol. The number of nitrogens with zero attached hydrogens (tertiary/aromatic N) is 4. The lowest BCUT2D eigenvalue weighted by Gasteiger charge is -2.39. The van der Waals surface area contributed by atoms with Gasteiger partial charge in [0, 0.05) is 63.7 Å². The molecule has 1 fully saturated rings. The van der Waals surface area contributed by atoms with E-state index in [1.54, 1.807) is 11.1 Å². The van der Waals surface area contributed by atoms with E-state index in [1.807, 2.05) is 53.4 Å². The molecule has 0 aliphatic carbocycles. The van der Waals surface area contributed by atoms with Crippen LogP contribution in [0, 0.1) is 0 Å². The third-order valence-electron chi connectivity index (χ3n) is 9.11. The fourth-order valence-electron chi connectivity index (χ4n) is 6.20. The summed E-state index contributed by atoms with van der Waals surface area (Å²) < 4.78 is 39.4. The largest absolute Gasteiger partial charge is 0.416 e. The topological polar surface area (TPSA) is 56.8 Å². The Balaban J connectivity index is 1.40. The summed E-state index contributed by atoms with van der Waals surface area (Å²) in [4.78, 5) is 38.8. The lowest BCUT2D eigenvalue weighted by Crippen LogP contribution is -2.56. The zero-order valence-electron chi connectivity index (χ0n) is 28.6. The van der Waals surface area contributed by atoms with Crippen LogP contribution in [0.15, 0.2) is 109 Å². The Morgan fingerprint density at radius 2 is 1.50 bits per heavy atom. The second-order valence-electron chi connectivity index (χ2n) is 12.8. The van der Waals surface area contributed by atoms with E-state index >= 15 is 0 Å². The number of halogens is 3. The molecule has 1 aromatic heterocycles. The first kappa shape index (κ1) is 36.5. The van der Waals surface area contributed by atoms with E-state index in [0.29, 0.717) is 37.4 Å². The maximum absolute atomic E-state index is 14.5. The van der Waals surface area contributed by atoms with Gasteiger partial charge in [0.15, 0.2) is 0 Å². The summed E-state index contributed by atoms with van der Waals surface area (Å²) in [6.07, 6.45) is 4.67. The van der Waals surface area contributed by atoms with Crippen molar-refractivity contribution in [1.82, 2.24) is 19.7 Å². The van der Waals surface area contributed by atoms with Crippen LogP contribution >= 0.6 is 0 Å². The molecule has 50 heavy (non-hydrogen) atoms. The third kappa shape index (κ3) is 10.6. The lowest BCUT2D eigenvalue weighted by atomic mass is 10.0. The molecule has 5 rings (SSSR count). The summed E-state index contributed by atoms with van der Waals surface area (Å²) in [6, 6.07) is 27.7. The SMILES string of the molecule is CCCCCc1ccc(CN(C(=O)C=Cc2ccc(C(F)(F)F)cc2)[C@@H](Cc2ccccn2)C(=O)N2CCN(Cc3ccccc3)CC2)cc1. The number of benzene rings is 3. The quantitative estimate of drug-likeness (QED) is 0.101. The maximum Gasteiger partial charge on any atom is 0.416 e. The van der Waals surface area contributed by atoms with Crippen molar-refractivity contribution in [2.24, 2.45) is 0 Å². The van der Waals surface area contributed by atoms with Gasteiger partial charge in [-0.15, -0.1) is 0 Å². The predicted molar refractivity (Wildman–Crippen MR) is 191 cm³/mol. The van der Waals surface area contributed by atoms with Crippen molar-refractivity contribution >= 4 is 17.9 Å². The molecule has 0 unspecified atom stereocenters. The lowest BCUT2D eigenvalue weighted by molar-refractivity contribution is -0.145. The van der Waals surface area contributed by atoms with Gasteiger partial charge in [0.05, 0.1) is 5.56 Å². The van der Waals surface area contributed by atoms with Gasteiger partial charge in [0.1, 0.15) is 6.04 Å². The molecular formula is C41H45F3N4O2. The number of carbonyl (C=O) groups is 2. The molecule has 6 nitrogen and oxygen atoms in total. The van der Waals surface area contributed by atoms with Crippen LogP contribution in [0.3, 0.4) is 0 Å². The third-order valence-corrected chi connectivity index (χ3v) is 9.11. The maximum atomic E-state index is 14.5. The van der Waals surface area contributed by atoms with Crippen molar-refractivity contribution in [3.05, 3.63) is 143 Å². The number of aryl methyl sites for hydroxylation is 1. The Labute approximate surface area is 293 Å². The van der Waals surface area contributed by atoms with Crippen LogP contribution in [0.5, 0.6) is 0 Å². The van der Waals surface area contributed by atoms with Gasteiger partial charge >= 0.3 is 6.18 Å². The smallest absolute Gasteiger partial charge is 0.338 e. The summed E-state index contributed by atoms with van der Waals surface area (Å²) in [7, 11) is 0. The molecule has 0 radical (unpaired) electrons. The molecule has 4 aromatic rings. The molecule has 0 N–H and O–H groups in total. The van der Waals surface area contributed by atoms with Crippen LogP contribution in [0.1, 0.15) is 59.7 Å². The number of unbranched alkanes of at least 4 members (excludes halogenated alkanes) is 2. The van der Waals surface area contributed by atoms with Crippen LogP contribution in [0.4, 0.5) is 13.2 Å². The summed E-state index contributed by atoms with van der Waals surface area (Å²) in [5.41, 5.74) is 3.69. The fraction of sp³-hybridized carbons (Fsp3) is 0.341. The van der Waals surface area contributed by atoms with Gasteiger partial charge in [0.2, 0.25) is 11.8 Å². The Bertz CT molecular complexity index is 1670. The number of piperazine rings is 1. The molecule has 1 aliphatic rings. The summed E-state index contributed by atoms with van der Waals surface area (Å²) >= 11 is 0. The van der Waals surface area contributed by atoms with Gasteiger partial charge in [-0.05, 0) is 65.4 Å². The van der Waals surface area contributed by atoms with Gasteiger partial charge in [-0.25, -0.2) is 0 Å². The minimum Gasteiger partial charge on any atom is -0.338 e. The first-order chi connectivity index (χ1) is 24.2. The first-order valence-electron chi connectivity index (χ1n) is 17.4. The van der Waals surface area contributed by atoms with Crippen molar-refractivity contribution in [2.45, 2.75) is 64.3 Å². The molecule has 0 bridgehead atoms. The highest BCUT2D eigenvalue weighted by atomic mass is 19.4. The Morgan fingerprint density at radius 1 is 0.820 bits per heavy atom. The minimum absolute atomic E-state index is 0.150. The molecule has 0 saturated carbocycles. The number of hydrogen-bond donors (Lipinski definition) is 0. The van der Waals surface area contributed by atoms with Crippen molar-refractivity contribution in [1.29, 1.82) is 0 Å². The summed E-state index contributed by atoms with van der Waals surface area (Å²) in [5, 5.41) is 0.